The molecule has 0 amide bonds. The van der Waals surface area contributed by atoms with Gasteiger partial charge in [0, 0.05) is 12.1 Å². The average Bonchev–Trinajstić information content (AvgIpc) is 2.35. The van der Waals surface area contributed by atoms with Crippen molar-refractivity contribution >= 4 is 17.4 Å². The molecule has 4 nitrogen and oxygen atoms in total. The number of anilines is 1. The fraction of sp³-hybridized carbons (Fsp3) is 0.667. The molecule has 0 saturated heterocycles. The zero-order valence-electron chi connectivity index (χ0n) is 10.6. The Bertz CT molecular complexity index is 427. The molecule has 1 aromatic rings. The van der Waals surface area contributed by atoms with E-state index in [-0.39, 0.29) is 22.8 Å². The maximum absolute atomic E-state index is 13.9. The number of rotatable bonds is 3. The molecule has 0 radical (unpaired) electrons. The molecule has 0 bridgehead atoms. The lowest BCUT2D eigenvalue weighted by molar-refractivity contribution is 0.368. The molecular formula is C12H18ClFN4. The first-order chi connectivity index (χ1) is 8.60. The Balaban J connectivity index is 2.09. The van der Waals surface area contributed by atoms with E-state index in [1.807, 2.05) is 7.05 Å². The van der Waals surface area contributed by atoms with Crippen LogP contribution < -0.4 is 10.6 Å². The highest BCUT2D eigenvalue weighted by molar-refractivity contribution is 6.28. The summed E-state index contributed by atoms with van der Waals surface area (Å²) in [5.74, 6) is -0.194. The smallest absolute Gasteiger partial charge is 0.224 e. The fourth-order valence-electron chi connectivity index (χ4n) is 2.40. The van der Waals surface area contributed by atoms with Crippen LogP contribution in [0.15, 0.2) is 0 Å². The van der Waals surface area contributed by atoms with E-state index in [4.69, 9.17) is 11.6 Å². The van der Waals surface area contributed by atoms with Gasteiger partial charge in [-0.2, -0.15) is 4.98 Å². The van der Waals surface area contributed by atoms with Crippen molar-refractivity contribution in [3.05, 3.63) is 16.8 Å². The van der Waals surface area contributed by atoms with Crippen molar-refractivity contribution in [1.82, 2.24) is 15.3 Å². The summed E-state index contributed by atoms with van der Waals surface area (Å²) in [6.45, 7) is 1.59. The van der Waals surface area contributed by atoms with Crippen LogP contribution in [0.2, 0.25) is 5.28 Å². The summed E-state index contributed by atoms with van der Waals surface area (Å²) in [5.41, 5.74) is 0.276. The summed E-state index contributed by atoms with van der Waals surface area (Å²) >= 11 is 5.75. The lowest BCUT2D eigenvalue weighted by Crippen LogP contribution is -2.37. The largest absolute Gasteiger partial charge is 0.365 e. The van der Waals surface area contributed by atoms with Gasteiger partial charge in [0.25, 0.3) is 0 Å². The van der Waals surface area contributed by atoms with Gasteiger partial charge in [0.1, 0.15) is 0 Å². The monoisotopic (exact) mass is 272 g/mol. The van der Waals surface area contributed by atoms with Crippen molar-refractivity contribution in [2.45, 2.75) is 44.7 Å². The predicted molar refractivity (Wildman–Crippen MR) is 70.5 cm³/mol. The molecule has 0 unspecified atom stereocenters. The Labute approximate surface area is 111 Å². The third kappa shape index (κ3) is 3.09. The number of hydrogen-bond donors (Lipinski definition) is 2. The third-order valence-corrected chi connectivity index (χ3v) is 3.58. The molecular weight excluding hydrogens is 255 g/mol. The van der Waals surface area contributed by atoms with Gasteiger partial charge >= 0.3 is 0 Å². The Morgan fingerprint density at radius 1 is 1.28 bits per heavy atom. The van der Waals surface area contributed by atoms with Crippen LogP contribution in [0.5, 0.6) is 0 Å². The first-order valence-electron chi connectivity index (χ1n) is 6.23. The highest BCUT2D eigenvalue weighted by Gasteiger charge is 2.22. The number of nitrogens with zero attached hydrogens (tertiary/aromatic N) is 2. The molecule has 2 atom stereocenters. The Morgan fingerprint density at radius 3 is 2.72 bits per heavy atom. The van der Waals surface area contributed by atoms with E-state index in [1.54, 1.807) is 6.92 Å². The second-order valence-corrected chi connectivity index (χ2v) is 5.07. The quantitative estimate of drug-likeness (QED) is 0.830. The Hall–Kier alpha value is -0.940. The van der Waals surface area contributed by atoms with Crippen molar-refractivity contribution < 1.29 is 4.39 Å². The molecule has 1 aromatic heterocycles. The molecule has 1 aliphatic carbocycles. The fourth-order valence-corrected chi connectivity index (χ4v) is 2.61. The lowest BCUT2D eigenvalue weighted by atomic mass is 9.91. The molecule has 6 heteroatoms. The van der Waals surface area contributed by atoms with Crippen LogP contribution >= 0.6 is 11.6 Å². The highest BCUT2D eigenvalue weighted by Crippen LogP contribution is 2.24. The summed E-state index contributed by atoms with van der Waals surface area (Å²) in [6.07, 6.45) is 4.29. The van der Waals surface area contributed by atoms with Crippen LogP contribution in [-0.2, 0) is 0 Å². The topological polar surface area (TPSA) is 49.8 Å². The molecule has 1 aliphatic rings. The molecule has 18 heavy (non-hydrogen) atoms. The van der Waals surface area contributed by atoms with Crippen LogP contribution in [-0.4, -0.2) is 29.1 Å². The summed E-state index contributed by atoms with van der Waals surface area (Å²) in [6, 6.07) is 0.716. The average molecular weight is 273 g/mol. The molecule has 2 rings (SSSR count). The van der Waals surface area contributed by atoms with E-state index in [0.717, 1.165) is 19.3 Å². The molecule has 1 heterocycles. The van der Waals surface area contributed by atoms with Gasteiger partial charge < -0.3 is 10.6 Å². The van der Waals surface area contributed by atoms with Crippen molar-refractivity contribution in [2.75, 3.05) is 12.4 Å². The van der Waals surface area contributed by atoms with Gasteiger partial charge in [-0.3, -0.25) is 0 Å². The van der Waals surface area contributed by atoms with Gasteiger partial charge in [-0.15, -0.1) is 0 Å². The van der Waals surface area contributed by atoms with E-state index in [2.05, 4.69) is 20.6 Å². The van der Waals surface area contributed by atoms with Gasteiger partial charge in [0.05, 0.1) is 5.69 Å². The second-order valence-electron chi connectivity index (χ2n) is 4.73. The van der Waals surface area contributed by atoms with Crippen LogP contribution in [0.3, 0.4) is 0 Å². The summed E-state index contributed by atoms with van der Waals surface area (Å²) in [4.78, 5) is 7.71. The minimum absolute atomic E-state index is 0.0809. The third-order valence-electron chi connectivity index (χ3n) is 3.41. The van der Waals surface area contributed by atoms with Crippen LogP contribution in [0, 0.1) is 12.7 Å². The van der Waals surface area contributed by atoms with Gasteiger partial charge in [0.15, 0.2) is 11.6 Å². The van der Waals surface area contributed by atoms with Gasteiger partial charge in [-0.05, 0) is 51.3 Å². The minimum Gasteiger partial charge on any atom is -0.365 e. The Kier molecular flexibility index (Phi) is 4.35. The maximum atomic E-state index is 13.9. The molecule has 0 aromatic carbocycles. The maximum Gasteiger partial charge on any atom is 0.224 e. The first kappa shape index (κ1) is 13.5. The summed E-state index contributed by atoms with van der Waals surface area (Å²) in [7, 11) is 1.96. The van der Waals surface area contributed by atoms with Crippen molar-refractivity contribution in [2.24, 2.45) is 0 Å². The standard InChI is InChI=1S/C12H18ClFN4/c1-7-10(14)11(18-12(13)16-7)17-9-5-3-4-8(6-9)15-2/h8-9,15H,3-6H2,1-2H3,(H,16,17,18)/t8-,9+/m0/s1. The molecule has 0 spiro atoms. The number of nitrogens with one attached hydrogen (secondary N) is 2. The molecule has 1 fully saturated rings. The number of hydrogen-bond acceptors (Lipinski definition) is 4. The van der Waals surface area contributed by atoms with Crippen LogP contribution in [0.25, 0.3) is 0 Å². The summed E-state index contributed by atoms with van der Waals surface area (Å²) in [5, 5.41) is 6.49. The van der Waals surface area contributed by atoms with Gasteiger partial charge in [-0.1, -0.05) is 0 Å². The number of aryl methyl sites for hydroxylation is 1. The van der Waals surface area contributed by atoms with E-state index in [1.165, 1.54) is 6.42 Å². The van der Waals surface area contributed by atoms with Crippen LogP contribution in [0.1, 0.15) is 31.4 Å². The highest BCUT2D eigenvalue weighted by atomic mass is 35.5. The number of halogens is 2. The van der Waals surface area contributed by atoms with Crippen molar-refractivity contribution in [3.63, 3.8) is 0 Å². The van der Waals surface area contributed by atoms with E-state index in [9.17, 15) is 4.39 Å². The minimum atomic E-state index is -0.411. The van der Waals surface area contributed by atoms with Crippen molar-refractivity contribution in [3.8, 4) is 0 Å². The number of aromatic nitrogens is 2. The Morgan fingerprint density at radius 2 is 2.00 bits per heavy atom. The van der Waals surface area contributed by atoms with Gasteiger partial charge in [-0.25, -0.2) is 9.37 Å². The molecule has 0 aliphatic heterocycles. The summed E-state index contributed by atoms with van der Waals surface area (Å²) < 4.78 is 13.9. The predicted octanol–water partition coefficient (Wildman–Crippen LogP) is 2.52. The van der Waals surface area contributed by atoms with E-state index < -0.39 is 5.82 Å². The first-order valence-corrected chi connectivity index (χ1v) is 6.61. The second kappa shape index (κ2) is 5.80. The molecule has 2 N–H and O–H groups in total. The zero-order valence-corrected chi connectivity index (χ0v) is 11.4. The lowest BCUT2D eigenvalue weighted by Gasteiger charge is -2.29. The molecule has 1 saturated carbocycles. The van der Waals surface area contributed by atoms with E-state index >= 15 is 0 Å². The van der Waals surface area contributed by atoms with Crippen molar-refractivity contribution in [1.29, 1.82) is 0 Å². The van der Waals surface area contributed by atoms with Gasteiger partial charge in [0.2, 0.25) is 5.28 Å². The zero-order chi connectivity index (χ0) is 13.1. The SMILES string of the molecule is CN[C@H]1CCC[C@@H](Nc2nc(Cl)nc(C)c2F)C1. The normalized spacial score (nSPS) is 24.0. The van der Waals surface area contributed by atoms with E-state index in [0.29, 0.717) is 6.04 Å². The van der Waals surface area contributed by atoms with Crippen LogP contribution in [0.4, 0.5) is 10.2 Å². The molecule has 100 valence electrons.